The van der Waals surface area contributed by atoms with Crippen LogP contribution in [0.25, 0.3) is 5.57 Å². The number of nitrogen functional groups attached to an aromatic ring is 1. The van der Waals surface area contributed by atoms with Crippen LogP contribution in [0.5, 0.6) is 0 Å². The first-order chi connectivity index (χ1) is 25.7. The van der Waals surface area contributed by atoms with E-state index in [0.29, 0.717) is 66.4 Å². The lowest BCUT2D eigenvalue weighted by Gasteiger charge is -2.23. The lowest BCUT2D eigenvalue weighted by molar-refractivity contribution is -0.120. The molecule has 4 N–H and O–H groups in total. The molecule has 8 rings (SSSR count). The first-order valence-electron chi connectivity index (χ1n) is 17.4. The summed E-state index contributed by atoms with van der Waals surface area (Å²) in [6.45, 7) is 1.35. The van der Waals surface area contributed by atoms with E-state index in [4.69, 9.17) is 5.73 Å². The van der Waals surface area contributed by atoms with Crippen molar-refractivity contribution in [3.05, 3.63) is 150 Å². The highest BCUT2D eigenvalue weighted by Gasteiger charge is 2.30. The van der Waals surface area contributed by atoms with Gasteiger partial charge in [-0.05, 0) is 65.8 Å². The number of allylic oxidation sites excluding steroid dienone is 1. The second-order valence-corrected chi connectivity index (χ2v) is 14.9. The summed E-state index contributed by atoms with van der Waals surface area (Å²) in [5, 5.41) is 14.7. The van der Waals surface area contributed by atoms with Gasteiger partial charge in [0.1, 0.15) is 11.6 Å². The Bertz CT molecular complexity index is 2380. The lowest BCUT2D eigenvalue weighted by atomic mass is 9.86. The van der Waals surface area contributed by atoms with Crippen LogP contribution in [0.3, 0.4) is 0 Å². The third-order valence-electron chi connectivity index (χ3n) is 9.18. The summed E-state index contributed by atoms with van der Waals surface area (Å²) in [5.74, 6) is 0.930. The van der Waals surface area contributed by atoms with E-state index in [1.807, 2.05) is 71.7 Å². The number of nitrogens with zero attached hydrogens (tertiary/aromatic N) is 4. The number of nitrogens with one attached hydrogen (secondary N) is 2. The van der Waals surface area contributed by atoms with Crippen LogP contribution in [0.15, 0.2) is 144 Å². The fourth-order valence-electron chi connectivity index (χ4n) is 6.47. The van der Waals surface area contributed by atoms with Crippen LogP contribution < -0.4 is 16.4 Å². The number of fused-ring (bicyclic) bond motifs is 2. The minimum Gasteiger partial charge on any atom is -0.382 e. The van der Waals surface area contributed by atoms with Crippen molar-refractivity contribution in [1.82, 2.24) is 19.6 Å². The number of ketones is 1. The monoisotopic (exact) mass is 725 g/mol. The molecule has 0 spiro atoms. The number of amides is 1. The molecule has 12 heteroatoms. The zero-order valence-corrected chi connectivity index (χ0v) is 29.7. The normalized spacial score (nSPS) is 14.9. The molecule has 0 atom stereocenters. The molecular weight excluding hydrogens is 687 g/mol. The molecule has 2 aromatic heterocycles. The minimum absolute atomic E-state index is 0.0579. The average molecular weight is 726 g/mol. The Labute approximate surface area is 308 Å². The van der Waals surface area contributed by atoms with Gasteiger partial charge in [-0.15, -0.1) is 0 Å². The van der Waals surface area contributed by atoms with Gasteiger partial charge in [0.25, 0.3) is 5.91 Å². The maximum atomic E-state index is 13.7. The molecule has 1 fully saturated rings. The zero-order chi connectivity index (χ0) is 36.8. The molecule has 1 aliphatic heterocycles. The molecule has 53 heavy (non-hydrogen) atoms. The number of sulfone groups is 1. The van der Waals surface area contributed by atoms with Crippen LogP contribution in [0.1, 0.15) is 42.4 Å². The molecule has 0 bridgehead atoms. The van der Waals surface area contributed by atoms with Gasteiger partial charge in [-0.3, -0.25) is 19.0 Å². The fourth-order valence-corrected chi connectivity index (χ4v) is 8.02. The standard InChI is InChI=1S/C31H28N4O4S.C10H11N3/c36-24-13-10-21(11-14-24)18-25(31(37)33-30-16-17-35(34-30)20-22-6-2-1-3-7-22)23-12-15-29-27(19-23)32-26-8-4-5-9-28(26)40(29,38)39;11-10-6-7-13(12-10)8-9-4-2-1-3-5-9/h1-9,12,15-19,21,32H,10-11,13-14,20H2,(H,33,34,37);1-7H,8H2,(H2,11,12). The van der Waals surface area contributed by atoms with Crippen molar-refractivity contribution in [2.24, 2.45) is 5.92 Å². The van der Waals surface area contributed by atoms with E-state index >= 15 is 0 Å². The van der Waals surface area contributed by atoms with Crippen molar-refractivity contribution >= 4 is 50.1 Å². The summed E-state index contributed by atoms with van der Waals surface area (Å²) in [4.78, 5) is 25.9. The molecule has 1 aliphatic carbocycles. The molecule has 0 saturated heterocycles. The van der Waals surface area contributed by atoms with E-state index in [1.54, 1.807) is 59.3 Å². The van der Waals surface area contributed by atoms with Crippen molar-refractivity contribution in [2.75, 3.05) is 16.4 Å². The first kappa shape index (κ1) is 35.1. The van der Waals surface area contributed by atoms with E-state index in [1.165, 1.54) is 5.56 Å². The van der Waals surface area contributed by atoms with Crippen molar-refractivity contribution in [2.45, 2.75) is 48.6 Å². The third kappa shape index (κ3) is 8.45. The number of aromatic nitrogens is 4. The second kappa shape index (κ2) is 15.5. The number of hydrogen-bond acceptors (Lipinski definition) is 8. The zero-order valence-electron chi connectivity index (χ0n) is 28.9. The number of carbonyl (C=O) groups excluding carboxylic acids is 2. The molecule has 0 unspecified atom stereocenters. The van der Waals surface area contributed by atoms with Gasteiger partial charge >= 0.3 is 0 Å². The lowest BCUT2D eigenvalue weighted by Crippen LogP contribution is -2.18. The number of benzene rings is 4. The van der Waals surface area contributed by atoms with Crippen molar-refractivity contribution in [1.29, 1.82) is 0 Å². The summed E-state index contributed by atoms with van der Waals surface area (Å²) in [6, 6.07) is 35.3. The first-order valence-corrected chi connectivity index (χ1v) is 18.9. The van der Waals surface area contributed by atoms with Crippen molar-refractivity contribution in [3.8, 4) is 0 Å². The van der Waals surface area contributed by atoms with Crippen LogP contribution in [-0.2, 0) is 32.5 Å². The van der Waals surface area contributed by atoms with E-state index in [2.05, 4.69) is 33.0 Å². The largest absolute Gasteiger partial charge is 0.382 e. The van der Waals surface area contributed by atoms with Crippen molar-refractivity contribution in [3.63, 3.8) is 0 Å². The molecule has 268 valence electrons. The maximum Gasteiger partial charge on any atom is 0.257 e. The number of hydrogen-bond donors (Lipinski definition) is 3. The second-order valence-electron chi connectivity index (χ2n) is 13.1. The Morgan fingerprint density at radius 2 is 1.38 bits per heavy atom. The van der Waals surface area contributed by atoms with Crippen LogP contribution >= 0.6 is 0 Å². The maximum absolute atomic E-state index is 13.7. The van der Waals surface area contributed by atoms with Gasteiger partial charge in [0, 0.05) is 36.9 Å². The van der Waals surface area contributed by atoms with Gasteiger partial charge < -0.3 is 16.4 Å². The molecule has 6 aromatic rings. The van der Waals surface area contributed by atoms with Crippen molar-refractivity contribution < 1.29 is 18.0 Å². The number of carbonyl (C=O) groups is 2. The van der Waals surface area contributed by atoms with Gasteiger partial charge in [0.15, 0.2) is 5.82 Å². The molecule has 2 aliphatic rings. The number of rotatable bonds is 8. The molecule has 11 nitrogen and oxygen atoms in total. The van der Waals surface area contributed by atoms with Gasteiger partial charge in [-0.1, -0.05) is 84.9 Å². The molecule has 1 saturated carbocycles. The number of para-hydroxylation sites is 1. The highest BCUT2D eigenvalue weighted by Crippen LogP contribution is 2.40. The van der Waals surface area contributed by atoms with Crippen LogP contribution in [0.4, 0.5) is 23.0 Å². The van der Waals surface area contributed by atoms with Gasteiger partial charge in [0.2, 0.25) is 9.84 Å². The smallest absolute Gasteiger partial charge is 0.257 e. The highest BCUT2D eigenvalue weighted by molar-refractivity contribution is 7.92. The van der Waals surface area contributed by atoms with Gasteiger partial charge in [0.05, 0.1) is 34.3 Å². The van der Waals surface area contributed by atoms with Gasteiger partial charge in [-0.25, -0.2) is 8.42 Å². The third-order valence-corrected chi connectivity index (χ3v) is 11.0. The molecule has 4 aromatic carbocycles. The topological polar surface area (TPSA) is 154 Å². The Kier molecular flexibility index (Phi) is 10.3. The predicted octanol–water partition coefficient (Wildman–Crippen LogP) is 7.12. The summed E-state index contributed by atoms with van der Waals surface area (Å²) >= 11 is 0. The SMILES string of the molecule is Nc1ccn(Cc2ccccc2)n1.O=C1CCC(C=C(C(=O)Nc2ccn(Cc3ccccc3)n2)c2ccc3c(c2)Nc2ccccc2S3(=O)=O)CC1. The Morgan fingerprint density at radius 1 is 0.774 bits per heavy atom. The highest BCUT2D eigenvalue weighted by atomic mass is 32.2. The quantitative estimate of drug-likeness (QED) is 0.140. The Morgan fingerprint density at radius 3 is 2.04 bits per heavy atom. The minimum atomic E-state index is -3.70. The van der Waals surface area contributed by atoms with Crippen LogP contribution in [0.2, 0.25) is 0 Å². The summed E-state index contributed by atoms with van der Waals surface area (Å²) in [7, 11) is -3.70. The van der Waals surface area contributed by atoms with Crippen LogP contribution in [0, 0.1) is 5.92 Å². The molecule has 3 heterocycles. The molecule has 0 radical (unpaired) electrons. The van der Waals surface area contributed by atoms with E-state index in [9.17, 15) is 18.0 Å². The number of nitrogens with two attached hydrogens (primary N) is 1. The average Bonchev–Trinajstić information content (AvgIpc) is 3.79. The van der Waals surface area contributed by atoms with Crippen LogP contribution in [-0.4, -0.2) is 39.7 Å². The Balaban J connectivity index is 0.000000281. The van der Waals surface area contributed by atoms with E-state index < -0.39 is 9.84 Å². The molecular formula is C41H39N7O4S. The summed E-state index contributed by atoms with van der Waals surface area (Å²) < 4.78 is 30.1. The Hall–Kier alpha value is -6.27. The van der Waals surface area contributed by atoms with E-state index in [-0.39, 0.29) is 27.4 Å². The predicted molar refractivity (Wildman–Crippen MR) is 205 cm³/mol. The molecule has 1 amide bonds. The number of Topliss-reactive ketones (excluding diaryl/α,β-unsaturated/α-hetero) is 1. The van der Waals surface area contributed by atoms with Gasteiger partial charge in [-0.2, -0.15) is 10.2 Å². The summed E-state index contributed by atoms with van der Waals surface area (Å²) in [6.07, 6.45) is 7.92. The van der Waals surface area contributed by atoms with E-state index in [0.717, 1.165) is 12.1 Å². The summed E-state index contributed by atoms with van der Waals surface area (Å²) in [5.41, 5.74) is 9.73. The fraction of sp³-hybridized carbons (Fsp3) is 0.171. The number of anilines is 4.